The molecule has 1 saturated heterocycles. The number of nitrogens with zero attached hydrogens (tertiary/aromatic N) is 4. The maximum absolute atomic E-state index is 14.9. The molecule has 1 aliphatic heterocycles. The summed E-state index contributed by atoms with van der Waals surface area (Å²) in [5.74, 6) is -2.44. The van der Waals surface area contributed by atoms with E-state index in [1.165, 1.54) is 18.5 Å². The quantitative estimate of drug-likeness (QED) is 0.453. The maximum atomic E-state index is 14.9. The Morgan fingerprint density at radius 2 is 1.94 bits per heavy atom. The number of nitrogens with one attached hydrogen (secondary N) is 1. The zero-order chi connectivity index (χ0) is 23.7. The minimum Gasteiger partial charge on any atom is -0.424 e. The van der Waals surface area contributed by atoms with Crippen molar-refractivity contribution in [1.82, 2.24) is 19.9 Å². The first-order valence-electron chi connectivity index (χ1n) is 11.2. The van der Waals surface area contributed by atoms with Crippen LogP contribution in [0.2, 0.25) is 0 Å². The molecule has 1 amide bonds. The van der Waals surface area contributed by atoms with Crippen molar-refractivity contribution in [1.29, 1.82) is 0 Å². The Balaban J connectivity index is 1.44. The number of hydrogen-bond acceptors (Lipinski definition) is 6. The molecule has 34 heavy (non-hydrogen) atoms. The molecule has 0 unspecified atom stereocenters. The van der Waals surface area contributed by atoms with Crippen molar-refractivity contribution >= 4 is 23.0 Å². The number of anilines is 1. The minimum absolute atomic E-state index is 0.0333. The van der Waals surface area contributed by atoms with Crippen LogP contribution in [0.3, 0.4) is 0 Å². The molecule has 4 aromatic rings. The Kier molecular flexibility index (Phi) is 5.91. The number of likely N-dealkylation sites (tertiary alicyclic amines) is 1. The average Bonchev–Trinajstić information content (AvgIpc) is 3.28. The van der Waals surface area contributed by atoms with Gasteiger partial charge in [0.05, 0.1) is 17.2 Å². The first kappa shape index (κ1) is 21.9. The van der Waals surface area contributed by atoms with Crippen LogP contribution < -0.4 is 5.32 Å². The highest BCUT2D eigenvalue weighted by Crippen LogP contribution is 2.31. The second-order valence-electron chi connectivity index (χ2n) is 8.41. The van der Waals surface area contributed by atoms with Crippen molar-refractivity contribution in [3.05, 3.63) is 72.1 Å². The molecule has 2 atom stereocenters. The molecule has 1 fully saturated rings. The molecule has 2 aromatic carbocycles. The van der Waals surface area contributed by atoms with Crippen LogP contribution in [0.5, 0.6) is 0 Å². The summed E-state index contributed by atoms with van der Waals surface area (Å²) in [6.45, 7) is 2.97. The Bertz CT molecular complexity index is 1290. The van der Waals surface area contributed by atoms with Crippen LogP contribution in [0, 0.1) is 17.6 Å². The lowest BCUT2D eigenvalue weighted by molar-refractivity contribution is 0.0539. The molecule has 0 bridgehead atoms. The monoisotopic (exact) mass is 463 g/mol. The topological polar surface area (TPSA) is 84.2 Å². The van der Waals surface area contributed by atoms with Crippen molar-refractivity contribution in [3.63, 3.8) is 0 Å². The number of carbonyl (C=O) groups excluding carboxylic acids is 1. The zero-order valence-electron chi connectivity index (χ0n) is 18.5. The number of piperidine rings is 1. The van der Waals surface area contributed by atoms with Gasteiger partial charge in [-0.15, -0.1) is 0 Å². The van der Waals surface area contributed by atoms with Crippen molar-refractivity contribution in [3.8, 4) is 11.4 Å². The van der Waals surface area contributed by atoms with Gasteiger partial charge in [0.25, 0.3) is 11.9 Å². The molecule has 3 heterocycles. The van der Waals surface area contributed by atoms with Crippen LogP contribution >= 0.6 is 0 Å². The predicted molar refractivity (Wildman–Crippen MR) is 123 cm³/mol. The molecule has 1 N–H and O–H groups in total. The molecule has 1 aliphatic rings. The molecular formula is C25H23F2N5O2. The first-order chi connectivity index (χ1) is 16.5. The number of rotatable bonds is 5. The highest BCUT2D eigenvalue weighted by molar-refractivity contribution is 6.00. The van der Waals surface area contributed by atoms with Crippen LogP contribution in [-0.4, -0.2) is 44.9 Å². The second kappa shape index (κ2) is 9.17. The van der Waals surface area contributed by atoms with E-state index in [-0.39, 0.29) is 28.9 Å². The molecule has 0 spiro atoms. The third kappa shape index (κ3) is 4.09. The van der Waals surface area contributed by atoms with E-state index in [1.807, 2.05) is 24.3 Å². The van der Waals surface area contributed by atoms with Gasteiger partial charge in [-0.25, -0.2) is 18.7 Å². The van der Waals surface area contributed by atoms with Gasteiger partial charge >= 0.3 is 0 Å². The van der Waals surface area contributed by atoms with E-state index < -0.39 is 17.5 Å². The van der Waals surface area contributed by atoms with E-state index in [1.54, 1.807) is 11.0 Å². The summed E-state index contributed by atoms with van der Waals surface area (Å²) >= 11 is 0. The lowest BCUT2D eigenvalue weighted by Crippen LogP contribution is -2.51. The summed E-state index contributed by atoms with van der Waals surface area (Å²) in [5, 5.41) is 3.21. The van der Waals surface area contributed by atoms with Crippen molar-refractivity contribution in [2.45, 2.75) is 25.8 Å². The lowest BCUT2D eigenvalue weighted by Gasteiger charge is -2.40. The molecule has 7 nitrogen and oxygen atoms in total. The van der Waals surface area contributed by atoms with Gasteiger partial charge in [-0.2, -0.15) is 4.98 Å². The number of para-hydroxylation sites is 2. The van der Waals surface area contributed by atoms with Gasteiger partial charge in [0.2, 0.25) is 0 Å². The molecule has 2 aromatic heterocycles. The van der Waals surface area contributed by atoms with E-state index in [0.29, 0.717) is 24.7 Å². The molecular weight excluding hydrogens is 440 g/mol. The second-order valence-corrected chi connectivity index (χ2v) is 8.41. The Morgan fingerprint density at radius 3 is 2.74 bits per heavy atom. The molecule has 9 heteroatoms. The SMILES string of the molecule is C[C@@H]1CCCN(C(=O)c2ccc(F)c(F)c2-c2ncccn2)[C@@H]1CNc1nc2ccccc2o1. The molecule has 174 valence electrons. The molecule has 5 rings (SSSR count). The van der Waals surface area contributed by atoms with Gasteiger partial charge < -0.3 is 14.6 Å². The van der Waals surface area contributed by atoms with Crippen molar-refractivity contribution in [2.24, 2.45) is 5.92 Å². The number of halogens is 2. The number of aromatic nitrogens is 3. The fraction of sp³-hybridized carbons (Fsp3) is 0.280. The largest absolute Gasteiger partial charge is 0.424 e. The van der Waals surface area contributed by atoms with Gasteiger partial charge in [0, 0.05) is 25.5 Å². The van der Waals surface area contributed by atoms with Gasteiger partial charge in [0.1, 0.15) is 5.52 Å². The standard InChI is InChI=1S/C25H23F2N5O2/c1-15-6-4-13-32(19(15)14-30-25-31-18-7-2-3-8-20(18)34-25)24(33)16-9-10-17(26)22(27)21(16)23-28-11-5-12-29-23/h2-3,5,7-12,15,19H,4,6,13-14H2,1H3,(H,30,31)/t15-,19-/m1/s1. The third-order valence-electron chi connectivity index (χ3n) is 6.25. The summed E-state index contributed by atoms with van der Waals surface area (Å²) in [6, 6.07) is 11.5. The first-order valence-corrected chi connectivity index (χ1v) is 11.2. The maximum Gasteiger partial charge on any atom is 0.295 e. The predicted octanol–water partition coefficient (Wildman–Crippen LogP) is 4.92. The van der Waals surface area contributed by atoms with Crippen LogP contribution in [0.15, 0.2) is 59.3 Å². The lowest BCUT2D eigenvalue weighted by atomic mass is 9.89. The molecule has 0 radical (unpaired) electrons. The van der Waals surface area contributed by atoms with Crippen LogP contribution in [-0.2, 0) is 0 Å². The summed E-state index contributed by atoms with van der Waals surface area (Å²) in [5.41, 5.74) is 1.22. The Hall–Kier alpha value is -3.88. The highest BCUT2D eigenvalue weighted by atomic mass is 19.2. The Morgan fingerprint density at radius 1 is 1.15 bits per heavy atom. The summed E-state index contributed by atoms with van der Waals surface area (Å²) < 4.78 is 34.7. The van der Waals surface area contributed by atoms with Gasteiger partial charge in [0.15, 0.2) is 23.0 Å². The fourth-order valence-electron chi connectivity index (χ4n) is 4.48. The highest BCUT2D eigenvalue weighted by Gasteiger charge is 2.34. The number of hydrogen-bond donors (Lipinski definition) is 1. The normalized spacial score (nSPS) is 18.3. The minimum atomic E-state index is -1.14. The third-order valence-corrected chi connectivity index (χ3v) is 6.25. The summed E-state index contributed by atoms with van der Waals surface area (Å²) in [6.07, 6.45) is 4.61. The van der Waals surface area contributed by atoms with Gasteiger partial charge in [-0.3, -0.25) is 4.79 Å². The smallest absolute Gasteiger partial charge is 0.295 e. The van der Waals surface area contributed by atoms with Gasteiger partial charge in [-0.1, -0.05) is 19.1 Å². The summed E-state index contributed by atoms with van der Waals surface area (Å²) in [7, 11) is 0. The summed E-state index contributed by atoms with van der Waals surface area (Å²) in [4.78, 5) is 27.9. The van der Waals surface area contributed by atoms with E-state index in [2.05, 4.69) is 27.2 Å². The number of oxazole rings is 1. The van der Waals surface area contributed by atoms with Gasteiger partial charge in [-0.05, 0) is 49.1 Å². The number of amides is 1. The van der Waals surface area contributed by atoms with E-state index in [0.717, 1.165) is 24.4 Å². The van der Waals surface area contributed by atoms with E-state index >= 15 is 0 Å². The zero-order valence-corrected chi connectivity index (χ0v) is 18.5. The van der Waals surface area contributed by atoms with Crippen molar-refractivity contribution in [2.75, 3.05) is 18.4 Å². The fourth-order valence-corrected chi connectivity index (χ4v) is 4.48. The van der Waals surface area contributed by atoms with Crippen LogP contribution in [0.4, 0.5) is 14.8 Å². The van der Waals surface area contributed by atoms with E-state index in [9.17, 15) is 13.6 Å². The van der Waals surface area contributed by atoms with Crippen LogP contribution in [0.25, 0.3) is 22.5 Å². The van der Waals surface area contributed by atoms with E-state index in [4.69, 9.17) is 4.42 Å². The van der Waals surface area contributed by atoms with Crippen molar-refractivity contribution < 1.29 is 18.0 Å². The molecule has 0 aliphatic carbocycles. The Labute approximate surface area is 194 Å². The number of carbonyl (C=O) groups is 1. The average molecular weight is 463 g/mol. The van der Waals surface area contributed by atoms with Crippen LogP contribution in [0.1, 0.15) is 30.1 Å². The number of fused-ring (bicyclic) bond motifs is 1. The molecule has 0 saturated carbocycles. The number of benzene rings is 2.